The number of ether oxygens (including phenoxy) is 3. The third-order valence-corrected chi connectivity index (χ3v) is 6.30. The zero-order valence-corrected chi connectivity index (χ0v) is 22.7. The number of hydrogen-bond acceptors (Lipinski definition) is 7. The monoisotopic (exact) mass is 498 g/mol. The van der Waals surface area contributed by atoms with Gasteiger partial charge in [0.2, 0.25) is 0 Å². The van der Waals surface area contributed by atoms with Gasteiger partial charge in [-0.05, 0) is 55.0 Å². The second kappa shape index (κ2) is 11.6. The molecule has 0 aromatic heterocycles. The molecule has 1 aliphatic heterocycles. The Morgan fingerprint density at radius 2 is 1.81 bits per heavy atom. The topological polar surface area (TPSA) is 84.1 Å². The van der Waals surface area contributed by atoms with Crippen LogP contribution in [0.4, 0.5) is 11.4 Å². The Hall–Kier alpha value is -3.39. The van der Waals surface area contributed by atoms with Crippen LogP contribution in [0, 0.1) is 0 Å². The summed E-state index contributed by atoms with van der Waals surface area (Å²) in [5.41, 5.74) is 9.55. The van der Waals surface area contributed by atoms with Gasteiger partial charge in [-0.2, -0.15) is 0 Å². The van der Waals surface area contributed by atoms with Gasteiger partial charge in [0.1, 0.15) is 28.6 Å². The van der Waals surface area contributed by atoms with Crippen molar-refractivity contribution in [3.05, 3.63) is 53.4 Å². The molecule has 3 rings (SSSR count). The summed E-state index contributed by atoms with van der Waals surface area (Å²) in [4.78, 5) is 13.5. The van der Waals surface area contributed by atoms with Gasteiger partial charge >= 0.3 is 0 Å². The number of nitrogens with zero attached hydrogens (tertiary/aromatic N) is 1. The van der Waals surface area contributed by atoms with Crippen LogP contribution in [0.25, 0.3) is 0 Å². The van der Waals surface area contributed by atoms with Crippen molar-refractivity contribution in [2.24, 2.45) is 0 Å². The van der Waals surface area contributed by atoms with E-state index < -0.39 is 0 Å². The highest BCUT2D eigenvalue weighted by Crippen LogP contribution is 2.36. The fraction of sp³-hybridized carbons (Fsp3) is 0.464. The number of methoxy groups -OCH3 is 2. The molecule has 2 aromatic rings. The average Bonchev–Trinajstić information content (AvgIpc) is 3.24. The van der Waals surface area contributed by atoms with E-state index in [0.29, 0.717) is 40.0 Å². The molecule has 0 saturated carbocycles. The van der Waals surface area contributed by atoms with Crippen molar-refractivity contribution in [2.75, 3.05) is 24.5 Å². The van der Waals surface area contributed by atoms with E-state index in [2.05, 4.69) is 57.0 Å². The van der Waals surface area contributed by atoms with Crippen LogP contribution in [0.1, 0.15) is 67.8 Å². The first kappa shape index (κ1) is 27.2. The molecule has 0 saturated heterocycles. The molecule has 198 valence electrons. The van der Waals surface area contributed by atoms with Crippen molar-refractivity contribution < 1.29 is 20.4 Å². The van der Waals surface area contributed by atoms with Gasteiger partial charge in [0.15, 0.2) is 0 Å². The molecule has 8 nitrogen and oxygen atoms in total. The molecule has 1 amide bonds. The molecule has 36 heavy (non-hydrogen) atoms. The lowest BCUT2D eigenvalue weighted by Gasteiger charge is -2.24. The molecule has 3 N–H and O–H groups in total. The van der Waals surface area contributed by atoms with Gasteiger partial charge in [-0.1, -0.05) is 47.1 Å². The normalized spacial score (nSPS) is 14.4. The van der Waals surface area contributed by atoms with Crippen LogP contribution in [0.15, 0.2) is 47.8 Å². The fourth-order valence-corrected chi connectivity index (χ4v) is 4.06. The highest BCUT2D eigenvalue weighted by atomic mass is 16.5. The van der Waals surface area contributed by atoms with E-state index in [-0.39, 0.29) is 18.9 Å². The number of benzene rings is 2. The SMILES string of the molecule is CCCC(CC)Oc1ccc(C(C)(C)C)cc1NC(=O)C1=C(C)N(c2cc(OC)ccc2OC)NN1.[HH]. The summed E-state index contributed by atoms with van der Waals surface area (Å²) in [7, 11) is 3.21. The highest BCUT2D eigenvalue weighted by molar-refractivity contribution is 6.05. The molecular formula is C28H42N4O4. The van der Waals surface area contributed by atoms with Crippen molar-refractivity contribution in [1.29, 1.82) is 0 Å². The van der Waals surface area contributed by atoms with Gasteiger partial charge in [0.25, 0.3) is 5.91 Å². The van der Waals surface area contributed by atoms with Crippen LogP contribution in [0.3, 0.4) is 0 Å². The molecule has 0 bridgehead atoms. The lowest BCUT2D eigenvalue weighted by Crippen LogP contribution is -2.39. The summed E-state index contributed by atoms with van der Waals surface area (Å²) < 4.78 is 17.2. The summed E-state index contributed by atoms with van der Waals surface area (Å²) >= 11 is 0. The first-order valence-corrected chi connectivity index (χ1v) is 12.5. The molecule has 0 radical (unpaired) electrons. The predicted octanol–water partition coefficient (Wildman–Crippen LogP) is 5.90. The van der Waals surface area contributed by atoms with Gasteiger partial charge in [-0.15, -0.1) is 5.53 Å². The molecule has 1 heterocycles. The van der Waals surface area contributed by atoms with Crippen molar-refractivity contribution in [3.8, 4) is 17.2 Å². The number of carbonyl (C=O) groups excluding carboxylic acids is 1. The minimum absolute atomic E-state index is 0. The summed E-state index contributed by atoms with van der Waals surface area (Å²) in [6.45, 7) is 12.6. The van der Waals surface area contributed by atoms with E-state index in [4.69, 9.17) is 14.2 Å². The minimum atomic E-state index is -0.274. The molecule has 0 aliphatic carbocycles. The number of hydrazine groups is 2. The van der Waals surface area contributed by atoms with E-state index in [1.54, 1.807) is 19.2 Å². The zero-order valence-electron chi connectivity index (χ0n) is 22.7. The van der Waals surface area contributed by atoms with Gasteiger partial charge < -0.3 is 19.5 Å². The molecule has 2 aromatic carbocycles. The first-order valence-electron chi connectivity index (χ1n) is 12.5. The fourth-order valence-electron chi connectivity index (χ4n) is 4.06. The number of amides is 1. The van der Waals surface area contributed by atoms with Crippen LogP contribution >= 0.6 is 0 Å². The first-order chi connectivity index (χ1) is 17.1. The molecule has 1 unspecified atom stereocenters. The highest BCUT2D eigenvalue weighted by Gasteiger charge is 2.28. The van der Waals surface area contributed by atoms with Gasteiger partial charge in [-0.3, -0.25) is 15.2 Å². The predicted molar refractivity (Wildman–Crippen MR) is 146 cm³/mol. The van der Waals surface area contributed by atoms with Gasteiger partial charge in [0.05, 0.1) is 31.7 Å². The summed E-state index contributed by atoms with van der Waals surface area (Å²) in [5, 5.41) is 4.84. The van der Waals surface area contributed by atoms with E-state index in [1.807, 2.05) is 37.3 Å². The van der Waals surface area contributed by atoms with E-state index in [1.165, 1.54) is 0 Å². The van der Waals surface area contributed by atoms with Crippen LogP contribution in [-0.2, 0) is 10.2 Å². The number of carbonyl (C=O) groups is 1. The average molecular weight is 499 g/mol. The number of allylic oxidation sites excluding steroid dienone is 1. The Labute approximate surface area is 216 Å². The number of rotatable bonds is 10. The Bertz CT molecular complexity index is 1110. The molecule has 1 aliphatic rings. The third-order valence-electron chi connectivity index (χ3n) is 6.30. The molecule has 0 spiro atoms. The number of anilines is 2. The summed E-state index contributed by atoms with van der Waals surface area (Å²) in [6, 6.07) is 11.5. The molecule has 0 fully saturated rings. The van der Waals surface area contributed by atoms with Crippen LogP contribution in [0.5, 0.6) is 17.2 Å². The maximum atomic E-state index is 13.5. The summed E-state index contributed by atoms with van der Waals surface area (Å²) in [5.74, 6) is 1.72. The van der Waals surface area contributed by atoms with Crippen LogP contribution in [0.2, 0.25) is 0 Å². The van der Waals surface area contributed by atoms with Crippen LogP contribution in [-0.4, -0.2) is 26.2 Å². The largest absolute Gasteiger partial charge is 0.497 e. The van der Waals surface area contributed by atoms with Crippen molar-refractivity contribution in [3.63, 3.8) is 0 Å². The van der Waals surface area contributed by atoms with Gasteiger partial charge in [0, 0.05) is 7.49 Å². The van der Waals surface area contributed by atoms with Crippen LogP contribution < -0.4 is 35.5 Å². The van der Waals surface area contributed by atoms with E-state index >= 15 is 0 Å². The lowest BCUT2D eigenvalue weighted by atomic mass is 9.87. The smallest absolute Gasteiger partial charge is 0.275 e. The second-order valence-electron chi connectivity index (χ2n) is 9.92. The van der Waals surface area contributed by atoms with Crippen molar-refractivity contribution in [1.82, 2.24) is 11.0 Å². The molecular weight excluding hydrogens is 456 g/mol. The lowest BCUT2D eigenvalue weighted by molar-refractivity contribution is -0.113. The summed E-state index contributed by atoms with van der Waals surface area (Å²) in [6.07, 6.45) is 2.98. The standard InChI is InChI=1S/C28H40N4O4.H2/c1-9-11-20(10-2)36-24-14-12-19(28(4,5)6)16-22(24)29-27(33)26-18(3)32(31-30-26)23-17-21(34-7)13-15-25(23)35-8;/h12-17,20,30-31H,9-11H2,1-8H3,(H,29,33);1H. The zero-order chi connectivity index (χ0) is 26.5. The van der Waals surface area contributed by atoms with E-state index in [0.717, 1.165) is 24.8 Å². The minimum Gasteiger partial charge on any atom is -0.497 e. The van der Waals surface area contributed by atoms with E-state index in [9.17, 15) is 4.79 Å². The third kappa shape index (κ3) is 6.05. The van der Waals surface area contributed by atoms with Crippen molar-refractivity contribution in [2.45, 2.75) is 72.3 Å². The number of nitrogens with one attached hydrogen (secondary N) is 3. The second-order valence-corrected chi connectivity index (χ2v) is 9.92. The quantitative estimate of drug-likeness (QED) is 0.376. The molecule has 8 heteroatoms. The Balaban J connectivity index is 0.00000481. The van der Waals surface area contributed by atoms with Gasteiger partial charge in [-0.25, -0.2) is 0 Å². The maximum absolute atomic E-state index is 13.5. The number of hydrogen-bond donors (Lipinski definition) is 3. The molecule has 1 atom stereocenters. The maximum Gasteiger partial charge on any atom is 0.275 e. The van der Waals surface area contributed by atoms with Crippen molar-refractivity contribution >= 4 is 17.3 Å². The Morgan fingerprint density at radius 1 is 1.08 bits per heavy atom. The Morgan fingerprint density at radius 3 is 2.42 bits per heavy atom. The Kier molecular flexibility index (Phi) is 8.74.